The van der Waals surface area contributed by atoms with E-state index in [4.69, 9.17) is 4.52 Å². The van der Waals surface area contributed by atoms with E-state index in [0.29, 0.717) is 23.7 Å². The molecule has 2 atom stereocenters. The zero-order valence-corrected chi connectivity index (χ0v) is 14.2. The molecule has 1 aromatic heterocycles. The van der Waals surface area contributed by atoms with Gasteiger partial charge in [-0.05, 0) is 31.9 Å². The molecule has 0 aliphatic rings. The summed E-state index contributed by atoms with van der Waals surface area (Å²) in [6.45, 7) is 7.75. The Morgan fingerprint density at radius 3 is 2.46 bits per heavy atom. The molecule has 1 N–H and O–H groups in total. The minimum absolute atomic E-state index is 0.0436. The monoisotopic (exact) mass is 341 g/mol. The Morgan fingerprint density at radius 1 is 1.17 bits per heavy atom. The Morgan fingerprint density at radius 2 is 1.88 bits per heavy atom. The van der Waals surface area contributed by atoms with E-state index in [2.05, 4.69) is 15.5 Å². The molecular formula is C17H22F3N3O. The van der Waals surface area contributed by atoms with E-state index < -0.39 is 11.7 Å². The van der Waals surface area contributed by atoms with Gasteiger partial charge < -0.3 is 9.84 Å². The summed E-state index contributed by atoms with van der Waals surface area (Å²) in [5.41, 5.74) is 0.00384. The number of alkyl halides is 3. The van der Waals surface area contributed by atoms with Gasteiger partial charge in [0.1, 0.15) is 0 Å². The van der Waals surface area contributed by atoms with Crippen LogP contribution in [0.2, 0.25) is 0 Å². The Kier molecular flexibility index (Phi) is 5.64. The van der Waals surface area contributed by atoms with Crippen LogP contribution in [0.4, 0.5) is 13.2 Å². The van der Waals surface area contributed by atoms with Crippen LogP contribution in [0.1, 0.15) is 62.5 Å². The molecule has 0 radical (unpaired) electrons. The Labute approximate surface area is 139 Å². The van der Waals surface area contributed by atoms with Gasteiger partial charge in [0.25, 0.3) is 0 Å². The van der Waals surface area contributed by atoms with Crippen molar-refractivity contribution in [3.05, 3.63) is 47.1 Å². The fourth-order valence-corrected chi connectivity index (χ4v) is 2.44. The molecule has 0 spiro atoms. The number of rotatable bonds is 6. The van der Waals surface area contributed by atoms with Crippen molar-refractivity contribution in [1.29, 1.82) is 0 Å². The topological polar surface area (TPSA) is 51.0 Å². The zero-order chi connectivity index (χ0) is 17.9. The average Bonchev–Trinajstić information content (AvgIpc) is 2.96. The first kappa shape index (κ1) is 18.4. The maximum Gasteiger partial charge on any atom is 0.416 e. The third kappa shape index (κ3) is 4.80. The van der Waals surface area contributed by atoms with E-state index in [9.17, 15) is 13.2 Å². The predicted octanol–water partition coefficient (Wildman–Crippen LogP) is 4.49. The zero-order valence-electron chi connectivity index (χ0n) is 14.2. The molecule has 0 amide bonds. The highest BCUT2D eigenvalue weighted by molar-refractivity contribution is 5.26. The maximum atomic E-state index is 12.8. The molecule has 0 saturated heterocycles. The van der Waals surface area contributed by atoms with Crippen molar-refractivity contribution in [2.24, 2.45) is 0 Å². The molecule has 4 nitrogen and oxygen atoms in total. The highest BCUT2D eigenvalue weighted by Gasteiger charge is 2.30. The lowest BCUT2D eigenvalue weighted by atomic mass is 10.0. The number of aromatic nitrogens is 2. The molecule has 0 saturated carbocycles. The normalized spacial score (nSPS) is 14.8. The van der Waals surface area contributed by atoms with Crippen LogP contribution in [0.5, 0.6) is 0 Å². The summed E-state index contributed by atoms with van der Waals surface area (Å²) in [4.78, 5) is 4.33. The average molecular weight is 341 g/mol. The summed E-state index contributed by atoms with van der Waals surface area (Å²) < 4.78 is 43.5. The fraction of sp³-hybridized carbons (Fsp3) is 0.529. The molecule has 0 unspecified atom stereocenters. The standard InChI is InChI=1S/C17H22F3N3O/c1-10(2)15-22-16(24-23-15)12(4)21-11(3)8-13-6-5-7-14(9-13)17(18,19)20/h5-7,9-12,21H,8H2,1-4H3/t11-,12-/m1/s1. The van der Waals surface area contributed by atoms with Crippen LogP contribution >= 0.6 is 0 Å². The van der Waals surface area contributed by atoms with Gasteiger partial charge in [-0.15, -0.1) is 0 Å². The van der Waals surface area contributed by atoms with Crippen LogP contribution in [0.25, 0.3) is 0 Å². The fourth-order valence-electron chi connectivity index (χ4n) is 2.44. The first-order chi connectivity index (χ1) is 11.2. The minimum atomic E-state index is -4.32. The molecule has 24 heavy (non-hydrogen) atoms. The lowest BCUT2D eigenvalue weighted by Crippen LogP contribution is -2.31. The van der Waals surface area contributed by atoms with E-state index in [1.165, 1.54) is 12.1 Å². The predicted molar refractivity (Wildman–Crippen MR) is 84.5 cm³/mol. The number of hydrogen-bond donors (Lipinski definition) is 1. The van der Waals surface area contributed by atoms with Gasteiger partial charge in [0.15, 0.2) is 5.82 Å². The molecule has 7 heteroatoms. The molecule has 0 aliphatic carbocycles. The van der Waals surface area contributed by atoms with Gasteiger partial charge in [-0.25, -0.2) is 0 Å². The number of nitrogens with one attached hydrogen (secondary N) is 1. The van der Waals surface area contributed by atoms with E-state index in [0.717, 1.165) is 6.07 Å². The van der Waals surface area contributed by atoms with Crippen LogP contribution in [0.15, 0.2) is 28.8 Å². The molecule has 2 aromatic rings. The molecule has 132 valence electrons. The summed E-state index contributed by atoms with van der Waals surface area (Å²) in [5, 5.41) is 7.19. The van der Waals surface area contributed by atoms with Crippen molar-refractivity contribution < 1.29 is 17.7 Å². The second kappa shape index (κ2) is 7.34. The third-order valence-corrected chi connectivity index (χ3v) is 3.67. The van der Waals surface area contributed by atoms with E-state index in [1.54, 1.807) is 6.07 Å². The Balaban J connectivity index is 1.98. The number of nitrogens with zero attached hydrogens (tertiary/aromatic N) is 2. The van der Waals surface area contributed by atoms with Crippen LogP contribution in [0.3, 0.4) is 0 Å². The molecule has 2 rings (SSSR count). The second-order valence-corrected chi connectivity index (χ2v) is 6.34. The smallest absolute Gasteiger partial charge is 0.338 e. The van der Waals surface area contributed by atoms with Crippen molar-refractivity contribution in [3.8, 4) is 0 Å². The first-order valence-electron chi connectivity index (χ1n) is 7.92. The van der Waals surface area contributed by atoms with Crippen molar-refractivity contribution in [3.63, 3.8) is 0 Å². The molecule has 0 bridgehead atoms. The van der Waals surface area contributed by atoms with Crippen molar-refractivity contribution in [2.45, 2.75) is 58.3 Å². The van der Waals surface area contributed by atoms with Gasteiger partial charge >= 0.3 is 6.18 Å². The summed E-state index contributed by atoms with van der Waals surface area (Å²) >= 11 is 0. The van der Waals surface area contributed by atoms with Gasteiger partial charge in [0.2, 0.25) is 5.89 Å². The molecule has 0 aliphatic heterocycles. The molecular weight excluding hydrogens is 319 g/mol. The second-order valence-electron chi connectivity index (χ2n) is 6.34. The number of halogens is 3. The lowest BCUT2D eigenvalue weighted by Gasteiger charge is -2.18. The molecule has 0 fully saturated rings. The van der Waals surface area contributed by atoms with Crippen LogP contribution in [-0.4, -0.2) is 16.2 Å². The third-order valence-electron chi connectivity index (χ3n) is 3.67. The van der Waals surface area contributed by atoms with Crippen molar-refractivity contribution in [2.75, 3.05) is 0 Å². The summed E-state index contributed by atoms with van der Waals surface area (Å²) in [6, 6.07) is 5.18. The highest BCUT2D eigenvalue weighted by atomic mass is 19.4. The van der Waals surface area contributed by atoms with Crippen LogP contribution < -0.4 is 5.32 Å². The van der Waals surface area contributed by atoms with Crippen molar-refractivity contribution >= 4 is 0 Å². The van der Waals surface area contributed by atoms with Crippen LogP contribution in [-0.2, 0) is 12.6 Å². The maximum absolute atomic E-state index is 12.8. The SMILES string of the molecule is CC(C)c1noc([C@@H](C)N[C@H](C)Cc2cccc(C(F)(F)F)c2)n1. The Hall–Kier alpha value is -1.89. The van der Waals surface area contributed by atoms with Crippen LogP contribution in [0, 0.1) is 0 Å². The van der Waals surface area contributed by atoms with Crippen molar-refractivity contribution in [1.82, 2.24) is 15.5 Å². The largest absolute Gasteiger partial charge is 0.416 e. The summed E-state index contributed by atoms with van der Waals surface area (Å²) in [5.74, 6) is 1.30. The van der Waals surface area contributed by atoms with E-state index >= 15 is 0 Å². The van der Waals surface area contributed by atoms with Gasteiger partial charge in [0, 0.05) is 12.0 Å². The summed E-state index contributed by atoms with van der Waals surface area (Å²) in [7, 11) is 0. The highest BCUT2D eigenvalue weighted by Crippen LogP contribution is 2.29. The number of hydrogen-bond acceptors (Lipinski definition) is 4. The summed E-state index contributed by atoms with van der Waals surface area (Å²) in [6.07, 6.45) is -3.85. The molecule has 1 aromatic carbocycles. The van der Waals surface area contributed by atoms with E-state index in [1.807, 2.05) is 27.7 Å². The van der Waals surface area contributed by atoms with E-state index in [-0.39, 0.29) is 18.0 Å². The number of benzene rings is 1. The van der Waals surface area contributed by atoms with Gasteiger partial charge in [-0.2, -0.15) is 18.2 Å². The van der Waals surface area contributed by atoms with Gasteiger partial charge in [-0.1, -0.05) is 37.2 Å². The van der Waals surface area contributed by atoms with Gasteiger partial charge in [0.05, 0.1) is 11.6 Å². The first-order valence-corrected chi connectivity index (χ1v) is 7.92. The minimum Gasteiger partial charge on any atom is -0.338 e. The quantitative estimate of drug-likeness (QED) is 0.841. The lowest BCUT2D eigenvalue weighted by molar-refractivity contribution is -0.137. The Bertz CT molecular complexity index is 667. The molecule has 1 heterocycles. The van der Waals surface area contributed by atoms with Gasteiger partial charge in [-0.3, -0.25) is 0 Å².